The lowest BCUT2D eigenvalue weighted by Crippen LogP contribution is -2.35. The molecule has 2 aliphatic rings. The summed E-state index contributed by atoms with van der Waals surface area (Å²) in [6, 6.07) is 4.19. The van der Waals surface area contributed by atoms with Crippen molar-refractivity contribution in [1.29, 1.82) is 0 Å². The Hall–Kier alpha value is -1.57. The second-order valence-electron chi connectivity index (χ2n) is 8.25. The molecule has 2 fully saturated rings. The van der Waals surface area contributed by atoms with Crippen LogP contribution in [0.3, 0.4) is 0 Å². The number of ether oxygens (including phenoxy) is 1. The molecular formula is C22H28F2N2O2S. The maximum absolute atomic E-state index is 13.4. The van der Waals surface area contributed by atoms with Crippen LogP contribution in [0.1, 0.15) is 60.5 Å². The van der Waals surface area contributed by atoms with E-state index in [1.807, 2.05) is 6.92 Å². The number of nitrogens with zero attached hydrogens (tertiary/aromatic N) is 2. The van der Waals surface area contributed by atoms with Crippen LogP contribution >= 0.6 is 11.3 Å². The lowest BCUT2D eigenvalue weighted by molar-refractivity contribution is 0.0196. The van der Waals surface area contributed by atoms with Crippen LogP contribution in [0.4, 0.5) is 8.78 Å². The van der Waals surface area contributed by atoms with Crippen molar-refractivity contribution in [3.05, 3.63) is 45.4 Å². The molecule has 1 aromatic carbocycles. The van der Waals surface area contributed by atoms with Gasteiger partial charge in [-0.1, -0.05) is 12.8 Å². The monoisotopic (exact) mass is 422 g/mol. The van der Waals surface area contributed by atoms with Crippen LogP contribution in [0.25, 0.3) is 0 Å². The molecule has 158 valence electrons. The van der Waals surface area contributed by atoms with Gasteiger partial charge in [0.05, 0.1) is 10.6 Å². The number of benzene rings is 1. The number of halogens is 2. The van der Waals surface area contributed by atoms with Crippen molar-refractivity contribution in [3.8, 4) is 5.75 Å². The van der Waals surface area contributed by atoms with Gasteiger partial charge in [0, 0.05) is 18.7 Å². The topological polar surface area (TPSA) is 45.6 Å². The zero-order valence-corrected chi connectivity index (χ0v) is 17.6. The minimum Gasteiger partial charge on any atom is -0.488 e. The van der Waals surface area contributed by atoms with E-state index in [9.17, 15) is 13.9 Å². The second-order valence-corrected chi connectivity index (χ2v) is 9.34. The normalized spacial score (nSPS) is 24.0. The Bertz CT molecular complexity index is 853. The molecule has 4 nitrogen and oxygen atoms in total. The van der Waals surface area contributed by atoms with Crippen molar-refractivity contribution in [3.63, 3.8) is 0 Å². The van der Waals surface area contributed by atoms with E-state index in [-0.39, 0.29) is 12.4 Å². The van der Waals surface area contributed by atoms with E-state index in [4.69, 9.17) is 4.74 Å². The summed E-state index contributed by atoms with van der Waals surface area (Å²) in [6.07, 6.45) is 7.57. The number of aryl methyl sites for hydroxylation is 1. The molecule has 1 aromatic heterocycles. The second kappa shape index (κ2) is 8.66. The summed E-state index contributed by atoms with van der Waals surface area (Å²) >= 11 is 1.46. The van der Waals surface area contributed by atoms with Crippen LogP contribution in [0, 0.1) is 18.6 Å². The highest BCUT2D eigenvalue weighted by atomic mass is 32.1. The molecule has 0 bridgehead atoms. The Morgan fingerprint density at radius 1 is 1.17 bits per heavy atom. The minimum atomic E-state index is -0.927. The molecule has 2 aromatic rings. The summed E-state index contributed by atoms with van der Waals surface area (Å²) in [5.74, 6) is -1.54. The van der Waals surface area contributed by atoms with E-state index in [0.29, 0.717) is 18.9 Å². The van der Waals surface area contributed by atoms with Gasteiger partial charge in [-0.2, -0.15) is 0 Å². The molecule has 4 rings (SSSR count). The molecule has 1 aliphatic carbocycles. The molecule has 1 unspecified atom stereocenters. The highest BCUT2D eigenvalue weighted by Crippen LogP contribution is 2.38. The predicted molar refractivity (Wildman–Crippen MR) is 109 cm³/mol. The average Bonchev–Trinajstić information content (AvgIpc) is 3.31. The maximum Gasteiger partial charge on any atom is 0.162 e. The van der Waals surface area contributed by atoms with Gasteiger partial charge in [0.15, 0.2) is 11.6 Å². The average molecular weight is 423 g/mol. The van der Waals surface area contributed by atoms with E-state index >= 15 is 0 Å². The molecule has 7 heteroatoms. The molecular weight excluding hydrogens is 394 g/mol. The van der Waals surface area contributed by atoms with Crippen molar-refractivity contribution in [2.45, 2.75) is 70.1 Å². The van der Waals surface area contributed by atoms with Gasteiger partial charge in [0.2, 0.25) is 0 Å². The van der Waals surface area contributed by atoms with E-state index in [1.165, 1.54) is 43.1 Å². The predicted octanol–water partition coefficient (Wildman–Crippen LogP) is 4.92. The first kappa shape index (κ1) is 20.7. The summed E-state index contributed by atoms with van der Waals surface area (Å²) in [4.78, 5) is 8.10. The van der Waals surface area contributed by atoms with E-state index in [0.717, 1.165) is 47.2 Å². The van der Waals surface area contributed by atoms with Crippen LogP contribution < -0.4 is 4.74 Å². The van der Waals surface area contributed by atoms with Crippen molar-refractivity contribution in [1.82, 2.24) is 9.88 Å². The van der Waals surface area contributed by atoms with Crippen LogP contribution in [0.2, 0.25) is 0 Å². The molecule has 0 radical (unpaired) electrons. The number of rotatable bonds is 5. The van der Waals surface area contributed by atoms with Gasteiger partial charge < -0.3 is 14.7 Å². The number of hydrogen-bond acceptors (Lipinski definition) is 5. The van der Waals surface area contributed by atoms with Crippen LogP contribution in [0.15, 0.2) is 18.2 Å². The van der Waals surface area contributed by atoms with Crippen molar-refractivity contribution >= 4 is 11.3 Å². The fourth-order valence-corrected chi connectivity index (χ4v) is 5.59. The summed E-state index contributed by atoms with van der Waals surface area (Å²) < 4.78 is 32.1. The van der Waals surface area contributed by atoms with Gasteiger partial charge >= 0.3 is 0 Å². The standard InChI is InChI=1S/C22H28F2N2O2S/c1-15-20(14-28-17-7-8-18(23)19(24)13-17)29-21(25-15)22(27)9-4-11-26(12-10-22)16-5-2-3-6-16/h7-8,13,16,27H,2-6,9-12,14H2,1H3. The number of aromatic nitrogens is 1. The molecule has 1 saturated carbocycles. The largest absolute Gasteiger partial charge is 0.488 e. The summed E-state index contributed by atoms with van der Waals surface area (Å²) in [6.45, 7) is 4.07. The first-order valence-corrected chi connectivity index (χ1v) is 11.3. The highest BCUT2D eigenvalue weighted by molar-refractivity contribution is 7.11. The summed E-state index contributed by atoms with van der Waals surface area (Å²) in [5, 5.41) is 12.1. The van der Waals surface area contributed by atoms with Gasteiger partial charge in [-0.25, -0.2) is 13.8 Å². The third-order valence-electron chi connectivity index (χ3n) is 6.24. The molecule has 0 amide bonds. The Labute approximate surface area is 174 Å². The van der Waals surface area contributed by atoms with Gasteiger partial charge in [0.25, 0.3) is 0 Å². The lowest BCUT2D eigenvalue weighted by Gasteiger charge is -2.28. The van der Waals surface area contributed by atoms with Crippen molar-refractivity contribution in [2.75, 3.05) is 13.1 Å². The number of aliphatic hydroxyl groups is 1. The van der Waals surface area contributed by atoms with Crippen molar-refractivity contribution in [2.24, 2.45) is 0 Å². The molecule has 29 heavy (non-hydrogen) atoms. The van der Waals surface area contributed by atoms with Crippen LogP contribution in [-0.4, -0.2) is 34.1 Å². The Kier molecular flexibility index (Phi) is 6.18. The number of hydrogen-bond donors (Lipinski definition) is 1. The molecule has 0 spiro atoms. The third-order valence-corrected chi connectivity index (χ3v) is 7.57. The van der Waals surface area contributed by atoms with Crippen molar-refractivity contribution < 1.29 is 18.6 Å². The third kappa shape index (κ3) is 4.62. The SMILES string of the molecule is Cc1nc(C2(O)CCCN(C3CCCC3)CC2)sc1COc1ccc(F)c(F)c1. The van der Waals surface area contributed by atoms with Crippen LogP contribution in [-0.2, 0) is 12.2 Å². The fraction of sp³-hybridized carbons (Fsp3) is 0.591. The van der Waals surface area contributed by atoms with Gasteiger partial charge in [-0.3, -0.25) is 0 Å². The molecule has 1 atom stereocenters. The smallest absolute Gasteiger partial charge is 0.162 e. The quantitative estimate of drug-likeness (QED) is 0.743. The van der Waals surface area contributed by atoms with Gasteiger partial charge in [-0.15, -0.1) is 11.3 Å². The van der Waals surface area contributed by atoms with E-state index in [1.54, 1.807) is 0 Å². The number of thiazole rings is 1. The first-order chi connectivity index (χ1) is 13.9. The zero-order chi connectivity index (χ0) is 20.4. The Morgan fingerprint density at radius 2 is 1.97 bits per heavy atom. The summed E-state index contributed by atoms with van der Waals surface area (Å²) in [7, 11) is 0. The zero-order valence-electron chi connectivity index (χ0n) is 16.8. The molecule has 1 N–H and O–H groups in total. The van der Waals surface area contributed by atoms with E-state index < -0.39 is 17.2 Å². The van der Waals surface area contributed by atoms with Crippen LogP contribution in [0.5, 0.6) is 5.75 Å². The van der Waals surface area contributed by atoms with Gasteiger partial charge in [0.1, 0.15) is 23.0 Å². The highest BCUT2D eigenvalue weighted by Gasteiger charge is 2.37. The maximum atomic E-state index is 13.4. The Balaban J connectivity index is 1.42. The molecule has 1 saturated heterocycles. The van der Waals surface area contributed by atoms with Gasteiger partial charge in [-0.05, 0) is 57.7 Å². The fourth-order valence-electron chi connectivity index (χ4n) is 4.46. The lowest BCUT2D eigenvalue weighted by atomic mass is 9.96. The molecule has 1 aliphatic heterocycles. The Morgan fingerprint density at radius 3 is 2.72 bits per heavy atom. The minimum absolute atomic E-state index is 0.221. The van der Waals surface area contributed by atoms with E-state index in [2.05, 4.69) is 9.88 Å². The molecule has 2 heterocycles. The first-order valence-electron chi connectivity index (χ1n) is 10.5. The number of likely N-dealkylation sites (tertiary alicyclic amines) is 1. The summed E-state index contributed by atoms with van der Waals surface area (Å²) in [5.41, 5.74) is -0.0823.